The van der Waals surface area contributed by atoms with E-state index in [-0.39, 0.29) is 60.4 Å². The molecule has 0 spiro atoms. The zero-order valence-electron chi connectivity index (χ0n) is 38.5. The molecule has 67 heavy (non-hydrogen) atoms. The number of aliphatic hydroxyl groups is 2. The summed E-state index contributed by atoms with van der Waals surface area (Å²) >= 11 is 0. The van der Waals surface area contributed by atoms with Crippen LogP contribution in [0.4, 0.5) is 63.3 Å². The fourth-order valence-electron chi connectivity index (χ4n) is 6.59. The lowest BCUT2D eigenvalue weighted by molar-refractivity contribution is 0.280. The van der Waals surface area contributed by atoms with Gasteiger partial charge in [0.1, 0.15) is 22.9 Å². The highest BCUT2D eigenvalue weighted by Gasteiger charge is 2.21. The third-order valence-electron chi connectivity index (χ3n) is 10.1. The van der Waals surface area contributed by atoms with Gasteiger partial charge in [0, 0.05) is 51.4 Å². The summed E-state index contributed by atoms with van der Waals surface area (Å²) in [6.45, 7) is 14.2. The molecule has 360 valence electrons. The first kappa shape index (κ1) is 52.8. The molecule has 24 heteroatoms. The molecule has 1 heterocycles. The Kier molecular flexibility index (Phi) is 19.8. The molecule has 0 aliphatic carbocycles. The van der Waals surface area contributed by atoms with Crippen LogP contribution in [0.3, 0.4) is 0 Å². The van der Waals surface area contributed by atoms with E-state index >= 15 is 0 Å². The Bertz CT molecular complexity index is 2740. The molecule has 5 aromatic rings. The average molecular weight is 965 g/mol. The number of ether oxygens (including phenoxy) is 2. The zero-order valence-corrected chi connectivity index (χ0v) is 40.1. The van der Waals surface area contributed by atoms with Crippen LogP contribution in [0.1, 0.15) is 38.8 Å². The summed E-state index contributed by atoms with van der Waals surface area (Å²) in [6, 6.07) is 18.9. The summed E-state index contributed by atoms with van der Waals surface area (Å²) < 4.78 is 70.7. The zero-order chi connectivity index (χ0) is 49.3. The van der Waals surface area contributed by atoms with Crippen molar-refractivity contribution in [2.24, 2.45) is 20.5 Å². The molecular formula is C43H56N12O10S2. The predicted molar refractivity (Wildman–Crippen MR) is 256 cm³/mol. The lowest BCUT2D eigenvalue weighted by atomic mass is 10.2. The highest BCUT2D eigenvalue weighted by atomic mass is 32.2. The van der Waals surface area contributed by atoms with Crippen LogP contribution in [0.15, 0.2) is 92.1 Å². The fraction of sp³-hybridized carbons (Fsp3) is 0.372. The van der Waals surface area contributed by atoms with Crippen LogP contribution in [0.25, 0.3) is 0 Å². The second-order valence-corrected chi connectivity index (χ2v) is 16.0. The van der Waals surface area contributed by atoms with Crippen LogP contribution in [0.2, 0.25) is 0 Å². The minimum absolute atomic E-state index is 0.0561. The summed E-state index contributed by atoms with van der Waals surface area (Å²) in [5.74, 6) is 1.36. The molecule has 0 bridgehead atoms. The number of rotatable bonds is 22. The highest BCUT2D eigenvalue weighted by molar-refractivity contribution is 7.85. The van der Waals surface area contributed by atoms with E-state index in [0.29, 0.717) is 66.0 Å². The molecule has 0 saturated heterocycles. The molecule has 0 fully saturated rings. The van der Waals surface area contributed by atoms with Gasteiger partial charge < -0.3 is 45.0 Å². The third kappa shape index (κ3) is 14.6. The molecule has 22 nitrogen and oxygen atoms in total. The van der Waals surface area contributed by atoms with Crippen molar-refractivity contribution in [3.05, 3.63) is 77.9 Å². The second kappa shape index (κ2) is 25.2. The Labute approximate surface area is 391 Å². The molecule has 0 aliphatic heterocycles. The topological polar surface area (TPSA) is 286 Å². The summed E-state index contributed by atoms with van der Waals surface area (Å²) in [6.07, 6.45) is 0. The van der Waals surface area contributed by atoms with E-state index in [4.69, 9.17) is 37.1 Å². The average Bonchev–Trinajstić information content (AvgIpc) is 3.29. The standard InChI is InChI=1S/C43H56N12O7S.O3S/c1-9-53(10-2)37-24-33(35(26-39(37)61-7)51-49-31-16-14-13-15-28(31)5)44-41-46-42(48-43(47-41)55(19-21-56)20-22-57)45-34-25-38(54(11-3)12-4)40(62-8)27-36(34)52-50-32-23-30(63(58,59)60)18-17-29(32)6;1-4(2)3/h13-18,23-27,56-57H,9-12,19-22H2,1-8H3,(H,58,59,60)(H2,44,45,46,47,48);. The lowest BCUT2D eigenvalue weighted by Gasteiger charge is -2.25. The number of nitrogens with zero attached hydrogens (tertiary/aromatic N) is 10. The number of nitrogens with one attached hydrogen (secondary N) is 2. The van der Waals surface area contributed by atoms with Gasteiger partial charge in [0.2, 0.25) is 17.8 Å². The SMILES string of the molecule is CCN(CC)c1cc(Nc2nc(Nc3cc(N(CC)CC)c(OC)cc3N=Nc3cc(S(=O)(=O)O)ccc3C)nc(N(CCO)CCO)n2)c(N=Nc2ccccc2C)cc1OC.O=S(=O)=O. The van der Waals surface area contributed by atoms with Crippen LogP contribution in [-0.2, 0) is 20.7 Å². The fourth-order valence-corrected chi connectivity index (χ4v) is 7.09. The van der Waals surface area contributed by atoms with Gasteiger partial charge in [-0.05, 0) is 83.0 Å². The Morgan fingerprint density at radius 1 is 0.612 bits per heavy atom. The maximum atomic E-state index is 12.0. The van der Waals surface area contributed by atoms with Crippen LogP contribution < -0.4 is 34.8 Å². The van der Waals surface area contributed by atoms with E-state index in [0.717, 1.165) is 16.9 Å². The monoisotopic (exact) mass is 964 g/mol. The Hall–Kier alpha value is -6.86. The van der Waals surface area contributed by atoms with Crippen molar-refractivity contribution in [3.63, 3.8) is 0 Å². The molecule has 4 aromatic carbocycles. The van der Waals surface area contributed by atoms with Gasteiger partial charge in [-0.2, -0.15) is 33.6 Å². The van der Waals surface area contributed by atoms with Crippen molar-refractivity contribution in [2.45, 2.75) is 46.4 Å². The summed E-state index contributed by atoms with van der Waals surface area (Å²) in [5.41, 5.74) is 5.57. The van der Waals surface area contributed by atoms with Crippen LogP contribution in [0.5, 0.6) is 11.5 Å². The van der Waals surface area contributed by atoms with E-state index in [9.17, 15) is 23.2 Å². The van der Waals surface area contributed by atoms with Crippen LogP contribution in [-0.4, -0.2) is 117 Å². The number of hydrogen-bond donors (Lipinski definition) is 5. The van der Waals surface area contributed by atoms with Gasteiger partial charge in [0.05, 0.1) is 66.5 Å². The molecule has 1 aromatic heterocycles. The first-order valence-electron chi connectivity index (χ1n) is 21.0. The number of aromatic nitrogens is 3. The van der Waals surface area contributed by atoms with Gasteiger partial charge in [-0.15, -0.1) is 22.9 Å². The Morgan fingerprint density at radius 3 is 1.46 bits per heavy atom. The van der Waals surface area contributed by atoms with Gasteiger partial charge >= 0.3 is 10.6 Å². The van der Waals surface area contributed by atoms with E-state index in [2.05, 4.69) is 40.9 Å². The molecule has 0 amide bonds. The molecule has 5 N–H and O–H groups in total. The molecule has 0 aliphatic rings. The number of azo groups is 2. The van der Waals surface area contributed by atoms with Crippen molar-refractivity contribution >= 4 is 84.1 Å². The van der Waals surface area contributed by atoms with Crippen molar-refractivity contribution < 1.29 is 45.3 Å². The second-order valence-electron chi connectivity index (χ2n) is 14.2. The van der Waals surface area contributed by atoms with Gasteiger partial charge in [-0.1, -0.05) is 24.3 Å². The number of aliphatic hydroxyl groups excluding tert-OH is 2. The minimum atomic E-state index is -4.51. The summed E-state index contributed by atoms with van der Waals surface area (Å²) in [7, 11) is -4.48. The van der Waals surface area contributed by atoms with E-state index in [1.54, 1.807) is 38.2 Å². The molecule has 0 atom stereocenters. The number of anilines is 7. The van der Waals surface area contributed by atoms with Crippen molar-refractivity contribution in [1.29, 1.82) is 0 Å². The lowest BCUT2D eigenvalue weighted by Crippen LogP contribution is -2.31. The van der Waals surface area contributed by atoms with Gasteiger partial charge in [0.15, 0.2) is 0 Å². The first-order chi connectivity index (χ1) is 32.0. The van der Waals surface area contributed by atoms with Crippen LogP contribution in [0, 0.1) is 13.8 Å². The molecule has 0 unspecified atom stereocenters. The first-order valence-corrected chi connectivity index (χ1v) is 23.4. The van der Waals surface area contributed by atoms with Gasteiger partial charge in [-0.25, -0.2) is 0 Å². The van der Waals surface area contributed by atoms with Gasteiger partial charge in [0.25, 0.3) is 10.1 Å². The van der Waals surface area contributed by atoms with E-state index < -0.39 is 20.7 Å². The Morgan fingerprint density at radius 2 is 1.04 bits per heavy atom. The third-order valence-corrected chi connectivity index (χ3v) is 10.9. The Balaban J connectivity index is 0.00000235. The van der Waals surface area contributed by atoms with Crippen molar-refractivity contribution in [2.75, 3.05) is 92.0 Å². The molecular weight excluding hydrogens is 909 g/mol. The number of methoxy groups -OCH3 is 2. The quantitative estimate of drug-likeness (QED) is 0.0330. The summed E-state index contributed by atoms with van der Waals surface area (Å²) in [5, 5.41) is 44.8. The minimum Gasteiger partial charge on any atom is -0.494 e. The molecule has 5 rings (SSSR count). The van der Waals surface area contributed by atoms with Crippen molar-refractivity contribution in [3.8, 4) is 11.5 Å². The predicted octanol–water partition coefficient (Wildman–Crippen LogP) is 7.55. The number of aryl methyl sites for hydroxylation is 2. The highest BCUT2D eigenvalue weighted by Crippen LogP contribution is 2.43. The largest absolute Gasteiger partial charge is 0.494 e. The number of hydrogen-bond acceptors (Lipinski definition) is 21. The summed E-state index contributed by atoms with van der Waals surface area (Å²) in [4.78, 5) is 19.8. The smallest absolute Gasteiger partial charge is 0.425 e. The normalized spacial score (nSPS) is 11.3. The molecule has 0 radical (unpaired) electrons. The van der Waals surface area contributed by atoms with E-state index in [1.807, 2.05) is 71.0 Å². The van der Waals surface area contributed by atoms with Crippen LogP contribution >= 0.6 is 0 Å². The van der Waals surface area contributed by atoms with E-state index in [1.165, 1.54) is 18.2 Å². The maximum Gasteiger partial charge on any atom is 0.425 e. The van der Waals surface area contributed by atoms with Gasteiger partial charge in [-0.3, -0.25) is 4.55 Å². The molecule has 0 saturated carbocycles. The number of benzene rings is 4. The maximum absolute atomic E-state index is 12.0. The van der Waals surface area contributed by atoms with Crippen molar-refractivity contribution in [1.82, 2.24) is 15.0 Å².